The zero-order valence-corrected chi connectivity index (χ0v) is 22.1. The van der Waals surface area contributed by atoms with Gasteiger partial charge in [0, 0.05) is 38.8 Å². The zero-order chi connectivity index (χ0) is 25.7. The molecule has 3 aromatic heterocycles. The maximum absolute atomic E-state index is 13.9. The molecule has 3 aromatic rings. The summed E-state index contributed by atoms with van der Waals surface area (Å²) in [5, 5.41) is 12.5. The second kappa shape index (κ2) is 9.25. The lowest BCUT2D eigenvalue weighted by molar-refractivity contribution is -0.210. The van der Waals surface area contributed by atoms with Crippen molar-refractivity contribution in [2.75, 3.05) is 42.5 Å². The molecule has 3 saturated carbocycles. The fourth-order valence-corrected chi connectivity index (χ4v) is 6.92. The van der Waals surface area contributed by atoms with Crippen LogP contribution in [0.25, 0.3) is 11.4 Å². The standard InChI is InChI=1S/C28H36FN9/c1-20(38-15-25(34-35-38)24-12-30-13-26(33-24)36-8-2-3-9-36)23-7-6-22(11-31-23)37-10-4-5-21(14-37)32-19-27-16-28(29,17-27)18-27/h6-7,11-13,15,20-21,32H,2-5,8-10,14,16-19H2,1H3. The van der Waals surface area contributed by atoms with Gasteiger partial charge in [-0.25, -0.2) is 14.1 Å². The highest BCUT2D eigenvalue weighted by Crippen LogP contribution is 2.69. The smallest absolute Gasteiger partial charge is 0.147 e. The summed E-state index contributed by atoms with van der Waals surface area (Å²) in [5.41, 5.74) is 2.98. The molecule has 1 N–H and O–H groups in total. The summed E-state index contributed by atoms with van der Waals surface area (Å²) in [4.78, 5) is 18.7. The van der Waals surface area contributed by atoms with Crippen LogP contribution in [0.5, 0.6) is 0 Å². The largest absolute Gasteiger partial charge is 0.369 e. The van der Waals surface area contributed by atoms with Crippen molar-refractivity contribution in [2.45, 2.75) is 69.6 Å². The Kier molecular flexibility index (Phi) is 5.83. The number of piperidine rings is 1. The predicted octanol–water partition coefficient (Wildman–Crippen LogP) is 3.79. The first-order chi connectivity index (χ1) is 18.5. The monoisotopic (exact) mass is 517 g/mol. The van der Waals surface area contributed by atoms with Crippen molar-refractivity contribution in [1.29, 1.82) is 0 Å². The van der Waals surface area contributed by atoms with Crippen molar-refractivity contribution < 1.29 is 4.39 Å². The Morgan fingerprint density at radius 1 is 1.03 bits per heavy atom. The van der Waals surface area contributed by atoms with Gasteiger partial charge >= 0.3 is 0 Å². The van der Waals surface area contributed by atoms with Gasteiger partial charge < -0.3 is 15.1 Å². The van der Waals surface area contributed by atoms with Crippen molar-refractivity contribution in [2.24, 2.45) is 5.41 Å². The number of aromatic nitrogens is 6. The molecule has 2 bridgehead atoms. The summed E-state index contributed by atoms with van der Waals surface area (Å²) in [6.07, 6.45) is 14.5. The Balaban J connectivity index is 0.980. The SMILES string of the molecule is CC(c1ccc(N2CCCC(NCC34CC(F)(C3)C4)C2)cn1)n1cc(-c2cncc(N3CCCC3)n2)nn1. The molecule has 0 aromatic carbocycles. The van der Waals surface area contributed by atoms with E-state index in [1.807, 2.05) is 23.3 Å². The summed E-state index contributed by atoms with van der Waals surface area (Å²) in [7, 11) is 0. The number of alkyl halides is 1. The summed E-state index contributed by atoms with van der Waals surface area (Å²) < 4.78 is 15.7. The second-order valence-corrected chi connectivity index (χ2v) is 12.0. The lowest BCUT2D eigenvalue weighted by Gasteiger charge is -2.66. The van der Waals surface area contributed by atoms with Gasteiger partial charge in [-0.2, -0.15) is 0 Å². The molecule has 200 valence electrons. The van der Waals surface area contributed by atoms with E-state index in [-0.39, 0.29) is 11.5 Å². The molecule has 0 amide bonds. The third kappa shape index (κ3) is 4.42. The van der Waals surface area contributed by atoms with E-state index < -0.39 is 5.67 Å². The molecule has 3 aliphatic carbocycles. The van der Waals surface area contributed by atoms with Gasteiger partial charge in [0.15, 0.2) is 0 Å². The molecule has 5 aliphatic rings. The van der Waals surface area contributed by atoms with Crippen LogP contribution < -0.4 is 15.1 Å². The number of anilines is 2. The van der Waals surface area contributed by atoms with Crippen LogP contribution in [-0.4, -0.2) is 74.4 Å². The van der Waals surface area contributed by atoms with Crippen LogP contribution in [0.4, 0.5) is 15.9 Å². The summed E-state index contributed by atoms with van der Waals surface area (Å²) in [6, 6.07) is 4.66. The number of nitrogens with one attached hydrogen (secondary N) is 1. The highest BCUT2D eigenvalue weighted by molar-refractivity contribution is 5.54. The molecule has 2 saturated heterocycles. The molecule has 5 fully saturated rings. The first kappa shape index (κ1) is 23.9. The summed E-state index contributed by atoms with van der Waals surface area (Å²) in [6.45, 7) is 7.11. The van der Waals surface area contributed by atoms with E-state index in [0.717, 1.165) is 87.0 Å². The van der Waals surface area contributed by atoms with Crippen LogP contribution in [0.15, 0.2) is 36.9 Å². The number of nitrogens with zero attached hydrogens (tertiary/aromatic N) is 8. The Labute approximate surface area is 222 Å². The van der Waals surface area contributed by atoms with Gasteiger partial charge in [-0.15, -0.1) is 5.10 Å². The molecule has 2 atom stereocenters. The quantitative estimate of drug-likeness (QED) is 0.483. The maximum atomic E-state index is 13.9. The van der Waals surface area contributed by atoms with Crippen molar-refractivity contribution in [1.82, 2.24) is 35.3 Å². The Morgan fingerprint density at radius 3 is 2.61 bits per heavy atom. The van der Waals surface area contributed by atoms with Crippen molar-refractivity contribution >= 4 is 11.5 Å². The summed E-state index contributed by atoms with van der Waals surface area (Å²) >= 11 is 0. The molecule has 2 aliphatic heterocycles. The van der Waals surface area contributed by atoms with Gasteiger partial charge in [0.1, 0.15) is 22.9 Å². The number of hydrogen-bond acceptors (Lipinski definition) is 8. The Morgan fingerprint density at radius 2 is 1.84 bits per heavy atom. The second-order valence-electron chi connectivity index (χ2n) is 12.0. The molecule has 5 heterocycles. The topological polar surface area (TPSA) is 87.9 Å². The highest BCUT2D eigenvalue weighted by atomic mass is 19.1. The maximum Gasteiger partial charge on any atom is 0.147 e. The van der Waals surface area contributed by atoms with E-state index in [1.165, 1.54) is 19.3 Å². The minimum atomic E-state index is -0.814. The van der Waals surface area contributed by atoms with E-state index >= 15 is 0 Å². The predicted molar refractivity (Wildman–Crippen MR) is 144 cm³/mol. The van der Waals surface area contributed by atoms with Crippen LogP contribution in [-0.2, 0) is 0 Å². The molecule has 9 nitrogen and oxygen atoms in total. The fourth-order valence-electron chi connectivity index (χ4n) is 6.92. The number of hydrogen-bond donors (Lipinski definition) is 1. The highest BCUT2D eigenvalue weighted by Gasteiger charge is 2.68. The molecular weight excluding hydrogens is 481 g/mol. The van der Waals surface area contributed by atoms with Gasteiger partial charge in [-0.05, 0) is 69.4 Å². The average Bonchev–Trinajstić information content (AvgIpc) is 3.63. The third-order valence-corrected chi connectivity index (χ3v) is 9.05. The average molecular weight is 518 g/mol. The van der Waals surface area contributed by atoms with Crippen LogP contribution in [0.2, 0.25) is 0 Å². The van der Waals surface area contributed by atoms with E-state index in [1.54, 1.807) is 6.20 Å². The van der Waals surface area contributed by atoms with Crippen LogP contribution >= 0.6 is 0 Å². The van der Waals surface area contributed by atoms with E-state index in [4.69, 9.17) is 9.97 Å². The van der Waals surface area contributed by atoms with Gasteiger partial charge in [0.25, 0.3) is 0 Å². The van der Waals surface area contributed by atoms with Gasteiger partial charge in [-0.1, -0.05) is 5.21 Å². The molecular formula is C28H36FN9. The fraction of sp³-hybridized carbons (Fsp3) is 0.607. The lowest BCUT2D eigenvalue weighted by Crippen LogP contribution is -2.68. The van der Waals surface area contributed by atoms with Crippen molar-refractivity contribution in [3.63, 3.8) is 0 Å². The molecule has 0 radical (unpaired) electrons. The molecule has 0 spiro atoms. The van der Waals surface area contributed by atoms with Crippen LogP contribution in [0.1, 0.15) is 63.6 Å². The first-order valence-corrected chi connectivity index (χ1v) is 14.1. The molecule has 8 rings (SSSR count). The van der Waals surface area contributed by atoms with E-state index in [9.17, 15) is 4.39 Å². The van der Waals surface area contributed by atoms with Crippen molar-refractivity contribution in [3.05, 3.63) is 42.6 Å². The zero-order valence-electron chi connectivity index (χ0n) is 22.1. The van der Waals surface area contributed by atoms with Crippen molar-refractivity contribution in [3.8, 4) is 11.4 Å². The number of rotatable bonds is 8. The Hall–Kier alpha value is -3.14. The van der Waals surface area contributed by atoms with Gasteiger partial charge in [0.05, 0.1) is 42.2 Å². The van der Waals surface area contributed by atoms with E-state index in [2.05, 4.69) is 49.5 Å². The number of pyridine rings is 1. The first-order valence-electron chi connectivity index (χ1n) is 14.1. The molecule has 2 unspecified atom stereocenters. The molecule has 38 heavy (non-hydrogen) atoms. The van der Waals surface area contributed by atoms with E-state index in [0.29, 0.717) is 6.04 Å². The van der Waals surface area contributed by atoms with Gasteiger partial charge in [-0.3, -0.25) is 9.97 Å². The molecule has 10 heteroatoms. The van der Waals surface area contributed by atoms with Gasteiger partial charge in [0.2, 0.25) is 0 Å². The Bertz CT molecular complexity index is 1270. The minimum absolute atomic E-state index is 0.0531. The minimum Gasteiger partial charge on any atom is -0.369 e. The normalized spacial score (nSPS) is 29.2. The van der Waals surface area contributed by atoms with Crippen LogP contribution in [0.3, 0.4) is 0 Å². The third-order valence-electron chi connectivity index (χ3n) is 9.05. The lowest BCUT2D eigenvalue weighted by atomic mass is 9.42. The van der Waals surface area contributed by atoms with Crippen LogP contribution in [0, 0.1) is 5.41 Å². The number of halogens is 1. The summed E-state index contributed by atoms with van der Waals surface area (Å²) in [5.74, 6) is 0.905.